The van der Waals surface area contributed by atoms with Gasteiger partial charge in [-0.1, -0.05) is 24.9 Å². The van der Waals surface area contributed by atoms with Crippen LogP contribution in [0.3, 0.4) is 0 Å². The van der Waals surface area contributed by atoms with E-state index in [2.05, 4.69) is 22.5 Å². The van der Waals surface area contributed by atoms with Gasteiger partial charge in [0.1, 0.15) is 12.1 Å². The number of imide groups is 1. The van der Waals surface area contributed by atoms with Gasteiger partial charge in [0.25, 0.3) is 5.91 Å². The van der Waals surface area contributed by atoms with Crippen LogP contribution in [0.15, 0.2) is 17.5 Å². The maximum absolute atomic E-state index is 12.9. The van der Waals surface area contributed by atoms with Gasteiger partial charge in [0.2, 0.25) is 5.91 Å². The van der Waals surface area contributed by atoms with Crippen LogP contribution in [0.5, 0.6) is 0 Å². The van der Waals surface area contributed by atoms with E-state index in [9.17, 15) is 14.4 Å². The van der Waals surface area contributed by atoms with Crippen molar-refractivity contribution in [1.29, 1.82) is 0 Å². The second-order valence-corrected chi connectivity index (χ2v) is 10.0. The van der Waals surface area contributed by atoms with Crippen molar-refractivity contribution in [3.8, 4) is 10.6 Å². The summed E-state index contributed by atoms with van der Waals surface area (Å²) in [5.74, 6) is -0.141. The first-order valence-corrected chi connectivity index (χ1v) is 11.6. The number of carbonyl (C=O) groups is 3. The molecule has 2 N–H and O–H groups in total. The summed E-state index contributed by atoms with van der Waals surface area (Å²) in [7, 11) is 0. The lowest BCUT2D eigenvalue weighted by Gasteiger charge is -2.34. The molecular formula is C19H21ClN4O3S2. The molecule has 0 bridgehead atoms. The summed E-state index contributed by atoms with van der Waals surface area (Å²) in [6, 6.07) is 3.17. The fraction of sp³-hybridized carbons (Fsp3) is 0.474. The van der Waals surface area contributed by atoms with Crippen molar-refractivity contribution in [2.45, 2.75) is 44.6 Å². The monoisotopic (exact) mass is 452 g/mol. The lowest BCUT2D eigenvalue weighted by Crippen LogP contribution is -2.49. The molecule has 2 aromatic heterocycles. The number of nitrogens with one attached hydrogen (secondary N) is 2. The average Bonchev–Trinajstić information content (AvgIpc) is 3.39. The number of rotatable bonds is 5. The fourth-order valence-electron chi connectivity index (χ4n) is 3.94. The Bertz CT molecular complexity index is 949. The van der Waals surface area contributed by atoms with Crippen LogP contribution in [-0.4, -0.2) is 39.8 Å². The van der Waals surface area contributed by atoms with E-state index in [1.54, 1.807) is 6.07 Å². The third kappa shape index (κ3) is 4.04. The van der Waals surface area contributed by atoms with E-state index in [0.717, 1.165) is 34.7 Å². The van der Waals surface area contributed by atoms with Crippen molar-refractivity contribution in [2.24, 2.45) is 5.92 Å². The predicted molar refractivity (Wildman–Crippen MR) is 114 cm³/mol. The first-order valence-electron chi connectivity index (χ1n) is 9.55. The third-order valence-electron chi connectivity index (χ3n) is 5.66. The molecule has 4 amide bonds. The molecule has 29 heavy (non-hydrogen) atoms. The molecule has 10 heteroatoms. The van der Waals surface area contributed by atoms with Crippen LogP contribution in [-0.2, 0) is 9.59 Å². The second kappa shape index (κ2) is 8.04. The molecule has 2 aromatic rings. The van der Waals surface area contributed by atoms with E-state index in [1.807, 2.05) is 11.4 Å². The van der Waals surface area contributed by atoms with Gasteiger partial charge in [-0.15, -0.1) is 22.7 Å². The highest BCUT2D eigenvalue weighted by Crippen LogP contribution is 2.37. The molecule has 2 aliphatic rings. The molecule has 1 aliphatic carbocycles. The normalized spacial score (nSPS) is 24.2. The molecule has 7 nitrogen and oxygen atoms in total. The van der Waals surface area contributed by atoms with Gasteiger partial charge >= 0.3 is 6.03 Å². The zero-order valence-electron chi connectivity index (χ0n) is 15.9. The Balaban J connectivity index is 1.38. The highest BCUT2D eigenvalue weighted by Gasteiger charge is 2.52. The number of urea groups is 1. The molecule has 154 valence electrons. The quantitative estimate of drug-likeness (QED) is 0.659. The Kier molecular flexibility index (Phi) is 5.63. The Hall–Kier alpha value is -1.97. The SMILES string of the molecule is CCC1CCC2(CC1)NC(=O)N(CC(=O)Nc1nc(-c3ccc(Cl)s3)cs1)C2=O. The largest absolute Gasteiger partial charge is 0.325 e. The van der Waals surface area contributed by atoms with Crippen LogP contribution in [0.2, 0.25) is 4.34 Å². The maximum Gasteiger partial charge on any atom is 0.325 e. The number of nitrogens with zero attached hydrogens (tertiary/aromatic N) is 2. The van der Waals surface area contributed by atoms with Gasteiger partial charge < -0.3 is 10.6 Å². The van der Waals surface area contributed by atoms with Gasteiger partial charge in [-0.25, -0.2) is 9.78 Å². The van der Waals surface area contributed by atoms with Crippen molar-refractivity contribution < 1.29 is 14.4 Å². The van der Waals surface area contributed by atoms with Gasteiger partial charge in [-0.05, 0) is 43.7 Å². The van der Waals surface area contributed by atoms with Crippen molar-refractivity contribution >= 4 is 57.3 Å². The topological polar surface area (TPSA) is 91.4 Å². The van der Waals surface area contributed by atoms with Gasteiger partial charge in [0, 0.05) is 5.38 Å². The minimum Gasteiger partial charge on any atom is -0.323 e. The van der Waals surface area contributed by atoms with Gasteiger partial charge in [-0.2, -0.15) is 0 Å². The van der Waals surface area contributed by atoms with E-state index in [0.29, 0.717) is 28.2 Å². The third-order valence-corrected chi connectivity index (χ3v) is 7.67. The number of aromatic nitrogens is 1. The summed E-state index contributed by atoms with van der Waals surface area (Å²) < 4.78 is 0.666. The number of thiophene rings is 1. The summed E-state index contributed by atoms with van der Waals surface area (Å²) in [5, 5.41) is 7.77. The van der Waals surface area contributed by atoms with E-state index in [4.69, 9.17) is 11.6 Å². The molecule has 1 saturated carbocycles. The Morgan fingerprint density at radius 2 is 2.14 bits per heavy atom. The molecule has 1 spiro atoms. The number of carbonyl (C=O) groups excluding carboxylic acids is 3. The molecular weight excluding hydrogens is 432 g/mol. The van der Waals surface area contributed by atoms with Crippen molar-refractivity contribution in [2.75, 3.05) is 11.9 Å². The summed E-state index contributed by atoms with van der Waals surface area (Å²) in [4.78, 5) is 44.0. The number of amides is 4. The molecule has 0 atom stereocenters. The van der Waals surface area contributed by atoms with E-state index < -0.39 is 17.5 Å². The van der Waals surface area contributed by atoms with E-state index in [-0.39, 0.29) is 12.5 Å². The summed E-state index contributed by atoms with van der Waals surface area (Å²) in [6.07, 6.45) is 4.17. The summed E-state index contributed by atoms with van der Waals surface area (Å²) in [6.45, 7) is 1.83. The average molecular weight is 453 g/mol. The number of thiazole rings is 1. The molecule has 0 unspecified atom stereocenters. The molecule has 4 rings (SSSR count). The zero-order valence-corrected chi connectivity index (χ0v) is 18.3. The van der Waals surface area contributed by atoms with Crippen LogP contribution in [0.25, 0.3) is 10.6 Å². The molecule has 0 aromatic carbocycles. The van der Waals surface area contributed by atoms with Crippen molar-refractivity contribution in [3.63, 3.8) is 0 Å². The van der Waals surface area contributed by atoms with Crippen molar-refractivity contribution in [1.82, 2.24) is 15.2 Å². The first-order chi connectivity index (χ1) is 13.9. The number of hydrogen-bond donors (Lipinski definition) is 2. The van der Waals surface area contributed by atoms with Crippen LogP contribution < -0.4 is 10.6 Å². The summed E-state index contributed by atoms with van der Waals surface area (Å²) in [5.41, 5.74) is -0.112. The molecule has 3 heterocycles. The minimum atomic E-state index is -0.837. The minimum absolute atomic E-state index is 0.291. The first kappa shape index (κ1) is 20.3. The lowest BCUT2D eigenvalue weighted by molar-refractivity contribution is -0.135. The van der Waals surface area contributed by atoms with Crippen LogP contribution >= 0.6 is 34.3 Å². The second-order valence-electron chi connectivity index (χ2n) is 7.45. The standard InChI is InChI=1S/C19H21ClN4O3S2/c1-2-11-5-7-19(8-6-11)16(26)24(18(27)23-19)9-15(25)22-17-21-12(10-28-17)13-3-4-14(20)29-13/h3-4,10-11H,2,5-9H2,1H3,(H,23,27)(H,21,22,25). The highest BCUT2D eigenvalue weighted by atomic mass is 35.5. The Morgan fingerprint density at radius 3 is 2.79 bits per heavy atom. The molecule has 0 radical (unpaired) electrons. The molecule has 1 saturated heterocycles. The van der Waals surface area contributed by atoms with Gasteiger partial charge in [0.05, 0.1) is 14.9 Å². The molecule has 1 aliphatic heterocycles. The zero-order chi connectivity index (χ0) is 20.6. The van der Waals surface area contributed by atoms with Gasteiger partial charge in [-0.3, -0.25) is 14.5 Å². The number of halogens is 1. The lowest BCUT2D eigenvalue weighted by atomic mass is 9.75. The maximum atomic E-state index is 12.9. The highest BCUT2D eigenvalue weighted by molar-refractivity contribution is 7.20. The fourth-order valence-corrected chi connectivity index (χ4v) is 5.74. The van der Waals surface area contributed by atoms with Gasteiger partial charge in [0.15, 0.2) is 5.13 Å². The van der Waals surface area contributed by atoms with E-state index in [1.165, 1.54) is 22.7 Å². The number of hydrogen-bond acceptors (Lipinski definition) is 6. The van der Waals surface area contributed by atoms with E-state index >= 15 is 0 Å². The molecule has 2 fully saturated rings. The van der Waals surface area contributed by atoms with Crippen LogP contribution in [0, 0.1) is 5.92 Å². The summed E-state index contributed by atoms with van der Waals surface area (Å²) >= 11 is 8.64. The smallest absolute Gasteiger partial charge is 0.323 e. The van der Waals surface area contributed by atoms with Crippen LogP contribution in [0.1, 0.15) is 39.0 Å². The Labute approximate surface area is 181 Å². The number of anilines is 1. The Morgan fingerprint density at radius 1 is 1.38 bits per heavy atom. The predicted octanol–water partition coefficient (Wildman–Crippen LogP) is 4.35. The van der Waals surface area contributed by atoms with Crippen molar-refractivity contribution in [3.05, 3.63) is 21.8 Å². The van der Waals surface area contributed by atoms with Crippen LogP contribution in [0.4, 0.5) is 9.93 Å².